The van der Waals surface area contributed by atoms with Crippen LogP contribution in [0.2, 0.25) is 0 Å². The molecule has 2 rings (SSSR count). The van der Waals surface area contributed by atoms with E-state index in [1.54, 1.807) is 20.1 Å². The second-order valence-electron chi connectivity index (χ2n) is 5.44. The van der Waals surface area contributed by atoms with Gasteiger partial charge in [0.1, 0.15) is 5.75 Å². The van der Waals surface area contributed by atoms with Gasteiger partial charge in [-0.1, -0.05) is 24.3 Å². The summed E-state index contributed by atoms with van der Waals surface area (Å²) in [6.07, 6.45) is 0. The molecule has 0 aliphatic heterocycles. The summed E-state index contributed by atoms with van der Waals surface area (Å²) in [4.78, 5) is 34.6. The molecule has 24 heavy (non-hydrogen) atoms. The third-order valence-electron chi connectivity index (χ3n) is 3.82. The average Bonchev–Trinajstić information content (AvgIpc) is 2.57. The zero-order chi connectivity index (χ0) is 17.9. The van der Waals surface area contributed by atoms with Crippen LogP contribution in [-0.4, -0.2) is 30.9 Å². The fourth-order valence-electron chi connectivity index (χ4n) is 2.34. The Bertz CT molecular complexity index is 790. The lowest BCUT2D eigenvalue weighted by Gasteiger charge is -2.17. The summed E-state index contributed by atoms with van der Waals surface area (Å²) in [5, 5.41) is 4.18. The van der Waals surface area contributed by atoms with Gasteiger partial charge in [-0.15, -0.1) is 0 Å². The minimum Gasteiger partial charge on any atom is -0.497 e. The van der Waals surface area contributed by atoms with Gasteiger partial charge >= 0.3 is 0 Å². The number of nitrogens with two attached hydrogens (primary N) is 2. The molecule has 0 spiro atoms. The predicted octanol–water partition coefficient (Wildman–Crippen LogP) is 0.407. The van der Waals surface area contributed by atoms with E-state index in [1.165, 1.54) is 0 Å². The van der Waals surface area contributed by atoms with Crippen LogP contribution in [0.4, 0.5) is 0 Å². The van der Waals surface area contributed by atoms with Gasteiger partial charge in [0, 0.05) is 0 Å². The highest BCUT2D eigenvalue weighted by Crippen LogP contribution is 2.25. The maximum atomic E-state index is 12.3. The molecule has 1 atom stereocenters. The Morgan fingerprint density at radius 1 is 1.00 bits per heavy atom. The van der Waals surface area contributed by atoms with Crippen LogP contribution in [0.1, 0.15) is 18.4 Å². The van der Waals surface area contributed by atoms with Crippen LogP contribution in [0, 0.1) is 0 Å². The van der Waals surface area contributed by atoms with Crippen LogP contribution < -0.4 is 21.5 Å². The van der Waals surface area contributed by atoms with Crippen molar-refractivity contribution in [3.63, 3.8) is 0 Å². The second kappa shape index (κ2) is 6.99. The molecule has 0 radical (unpaired) electrons. The van der Waals surface area contributed by atoms with Crippen molar-refractivity contribution in [1.82, 2.24) is 5.32 Å². The maximum Gasteiger partial charge on any atom is 0.249 e. The molecule has 0 aliphatic rings. The Labute approximate surface area is 138 Å². The normalized spacial score (nSPS) is 12.0. The quantitative estimate of drug-likeness (QED) is 0.664. The first-order valence-electron chi connectivity index (χ1n) is 7.30. The molecule has 126 valence electrons. The number of primary amides is 2. The summed E-state index contributed by atoms with van der Waals surface area (Å²) in [5.41, 5.74) is 10.9. The lowest BCUT2D eigenvalue weighted by molar-refractivity contribution is -0.134. The van der Waals surface area contributed by atoms with Crippen LogP contribution in [-0.2, 0) is 14.4 Å². The zero-order valence-electron chi connectivity index (χ0n) is 13.4. The van der Waals surface area contributed by atoms with E-state index >= 15 is 0 Å². The molecule has 2 aromatic rings. The van der Waals surface area contributed by atoms with Crippen LogP contribution >= 0.6 is 0 Å². The van der Waals surface area contributed by atoms with Crippen molar-refractivity contribution in [3.8, 4) is 5.75 Å². The largest absolute Gasteiger partial charge is 0.497 e. The maximum absolute atomic E-state index is 12.3. The van der Waals surface area contributed by atoms with Crippen molar-refractivity contribution in [1.29, 1.82) is 0 Å². The Kier molecular flexibility index (Phi) is 5.03. The topological polar surface area (TPSA) is 125 Å². The van der Waals surface area contributed by atoms with Crippen molar-refractivity contribution < 1.29 is 19.1 Å². The van der Waals surface area contributed by atoms with Gasteiger partial charge in [0.15, 0.2) is 6.04 Å². The second-order valence-corrected chi connectivity index (χ2v) is 5.44. The van der Waals surface area contributed by atoms with E-state index in [2.05, 4.69) is 5.32 Å². The van der Waals surface area contributed by atoms with Gasteiger partial charge in [0.2, 0.25) is 17.7 Å². The van der Waals surface area contributed by atoms with Gasteiger partial charge < -0.3 is 21.5 Å². The number of hydrogen-bond acceptors (Lipinski definition) is 4. The van der Waals surface area contributed by atoms with E-state index in [4.69, 9.17) is 16.2 Å². The van der Waals surface area contributed by atoms with Gasteiger partial charge in [0.05, 0.1) is 13.0 Å². The Balaban J connectivity index is 2.23. The number of carbonyl (C=O) groups excluding carboxylic acids is 3. The molecule has 0 fully saturated rings. The lowest BCUT2D eigenvalue weighted by atomic mass is 9.96. The van der Waals surface area contributed by atoms with Crippen LogP contribution in [0.3, 0.4) is 0 Å². The van der Waals surface area contributed by atoms with E-state index in [0.29, 0.717) is 0 Å². The van der Waals surface area contributed by atoms with Crippen LogP contribution in [0.5, 0.6) is 5.75 Å². The fourth-order valence-corrected chi connectivity index (χ4v) is 2.34. The van der Waals surface area contributed by atoms with E-state index < -0.39 is 29.7 Å². The minimum absolute atomic E-state index is 0.509. The van der Waals surface area contributed by atoms with E-state index in [1.807, 2.05) is 30.3 Å². The number of ether oxygens (including phenoxy) is 1. The molecular weight excluding hydrogens is 310 g/mol. The smallest absolute Gasteiger partial charge is 0.249 e. The molecule has 0 saturated heterocycles. The summed E-state index contributed by atoms with van der Waals surface area (Å²) in [7, 11) is 1.59. The standard InChI is InChI=1S/C17H19N3O4/c1-9(17(23)20-14(15(18)21)16(19)22)10-3-4-12-8-13(24-2)6-5-11(12)7-10/h3-9,14H,1-2H3,(H2,18,21)(H2,19,22)(H,20,23). The van der Waals surface area contributed by atoms with Gasteiger partial charge in [-0.3, -0.25) is 14.4 Å². The molecule has 2 aromatic carbocycles. The highest BCUT2D eigenvalue weighted by Gasteiger charge is 2.26. The van der Waals surface area contributed by atoms with Gasteiger partial charge in [-0.25, -0.2) is 0 Å². The number of methoxy groups -OCH3 is 1. The third-order valence-corrected chi connectivity index (χ3v) is 3.82. The monoisotopic (exact) mass is 329 g/mol. The molecule has 5 N–H and O–H groups in total. The predicted molar refractivity (Wildman–Crippen MR) is 89.2 cm³/mol. The number of hydrogen-bond donors (Lipinski definition) is 3. The molecular formula is C17H19N3O4. The number of benzene rings is 2. The minimum atomic E-state index is -1.52. The van der Waals surface area contributed by atoms with E-state index in [9.17, 15) is 14.4 Å². The Morgan fingerprint density at radius 2 is 1.58 bits per heavy atom. The summed E-state index contributed by atoms with van der Waals surface area (Å²) >= 11 is 0. The SMILES string of the molecule is COc1ccc2cc(C(C)C(=O)NC(C(N)=O)C(N)=O)ccc2c1. The van der Waals surface area contributed by atoms with Gasteiger partial charge in [0.25, 0.3) is 0 Å². The van der Waals surface area contributed by atoms with Gasteiger partial charge in [-0.05, 0) is 35.4 Å². The molecule has 1 unspecified atom stereocenters. The van der Waals surface area contributed by atoms with Crippen molar-refractivity contribution in [2.75, 3.05) is 7.11 Å². The molecule has 0 heterocycles. The molecule has 0 saturated carbocycles. The van der Waals surface area contributed by atoms with Crippen LogP contribution in [0.25, 0.3) is 10.8 Å². The fraction of sp³-hybridized carbons (Fsp3) is 0.235. The van der Waals surface area contributed by atoms with Crippen molar-refractivity contribution >= 4 is 28.5 Å². The van der Waals surface area contributed by atoms with Crippen molar-refractivity contribution in [2.45, 2.75) is 18.9 Å². The van der Waals surface area contributed by atoms with Crippen molar-refractivity contribution in [3.05, 3.63) is 42.0 Å². The van der Waals surface area contributed by atoms with Crippen molar-refractivity contribution in [2.24, 2.45) is 11.5 Å². The molecule has 7 heteroatoms. The molecule has 3 amide bonds. The molecule has 0 aromatic heterocycles. The molecule has 0 bridgehead atoms. The molecule has 0 aliphatic carbocycles. The van der Waals surface area contributed by atoms with E-state index in [0.717, 1.165) is 22.1 Å². The summed E-state index contributed by atoms with van der Waals surface area (Å²) in [6.45, 7) is 1.67. The number of carbonyl (C=O) groups is 3. The lowest BCUT2D eigenvalue weighted by Crippen LogP contribution is -2.53. The van der Waals surface area contributed by atoms with E-state index in [-0.39, 0.29) is 0 Å². The number of nitrogens with one attached hydrogen (secondary N) is 1. The number of fused-ring (bicyclic) bond motifs is 1. The third kappa shape index (κ3) is 3.62. The summed E-state index contributed by atoms with van der Waals surface area (Å²) < 4.78 is 5.18. The zero-order valence-corrected chi connectivity index (χ0v) is 13.4. The number of rotatable bonds is 6. The first-order chi connectivity index (χ1) is 11.3. The average molecular weight is 329 g/mol. The Hall–Kier alpha value is -3.09. The number of amides is 3. The van der Waals surface area contributed by atoms with Gasteiger partial charge in [-0.2, -0.15) is 0 Å². The van der Waals surface area contributed by atoms with Crippen LogP contribution in [0.15, 0.2) is 36.4 Å². The summed E-state index contributed by atoms with van der Waals surface area (Å²) in [5.74, 6) is -2.34. The molecule has 7 nitrogen and oxygen atoms in total. The summed E-state index contributed by atoms with van der Waals surface area (Å²) in [6, 6.07) is 9.62. The first kappa shape index (κ1) is 17.3. The highest BCUT2D eigenvalue weighted by atomic mass is 16.5. The first-order valence-corrected chi connectivity index (χ1v) is 7.30. The highest BCUT2D eigenvalue weighted by molar-refractivity contribution is 6.06. The Morgan fingerprint density at radius 3 is 2.17 bits per heavy atom.